The van der Waals surface area contributed by atoms with E-state index in [-0.39, 0.29) is 18.3 Å². The number of amides is 1. The van der Waals surface area contributed by atoms with Crippen LogP contribution in [0.4, 0.5) is 10.2 Å². The van der Waals surface area contributed by atoms with Crippen molar-refractivity contribution in [2.75, 3.05) is 5.32 Å². The molecule has 3 aromatic rings. The van der Waals surface area contributed by atoms with Crippen LogP contribution in [0.5, 0.6) is 5.75 Å². The molecule has 126 valence electrons. The number of hydrogen-bond donors (Lipinski definition) is 1. The first-order valence-electron chi connectivity index (χ1n) is 7.82. The Labute approximate surface area is 145 Å². The third-order valence-electron chi connectivity index (χ3n) is 3.60. The highest BCUT2D eigenvalue weighted by Gasteiger charge is 2.13. The van der Waals surface area contributed by atoms with E-state index in [1.807, 2.05) is 13.0 Å². The maximum Gasteiger partial charge on any atom is 0.260 e. The minimum atomic E-state index is -0.298. The molecule has 3 rings (SSSR count). The summed E-state index contributed by atoms with van der Waals surface area (Å²) < 4.78 is 18.7. The summed E-state index contributed by atoms with van der Waals surface area (Å²) in [6.45, 7) is 2.17. The molecule has 2 aromatic carbocycles. The molecule has 0 unspecified atom stereocenters. The molecule has 0 bridgehead atoms. The molecule has 0 aliphatic carbocycles. The van der Waals surface area contributed by atoms with E-state index in [9.17, 15) is 9.18 Å². The number of benzene rings is 2. The lowest BCUT2D eigenvalue weighted by molar-refractivity contribution is 0.102. The monoisotopic (exact) mass is 336 g/mol. The standard InChI is InChI=1S/C20H17FN2O2/c1-14-10-11-22-19(12-14)23-20(24)17-4-2-3-5-18(17)25-13-15-6-8-16(21)9-7-15/h2-12H,13H2,1H3,(H,22,23,24). The molecule has 1 heterocycles. The fourth-order valence-electron chi connectivity index (χ4n) is 2.31. The fourth-order valence-corrected chi connectivity index (χ4v) is 2.31. The average molecular weight is 336 g/mol. The number of anilines is 1. The van der Waals surface area contributed by atoms with Crippen LogP contribution >= 0.6 is 0 Å². The molecule has 5 heteroatoms. The maximum atomic E-state index is 13.0. The number of halogens is 1. The second-order valence-electron chi connectivity index (χ2n) is 5.58. The van der Waals surface area contributed by atoms with Crippen LogP contribution in [0.25, 0.3) is 0 Å². The lowest BCUT2D eigenvalue weighted by Gasteiger charge is -2.12. The van der Waals surface area contributed by atoms with Gasteiger partial charge in [-0.15, -0.1) is 0 Å². The summed E-state index contributed by atoms with van der Waals surface area (Å²) in [5.41, 5.74) is 2.23. The molecule has 0 spiro atoms. The van der Waals surface area contributed by atoms with Gasteiger partial charge in [0, 0.05) is 6.20 Å². The maximum absolute atomic E-state index is 13.0. The molecule has 25 heavy (non-hydrogen) atoms. The number of nitrogens with one attached hydrogen (secondary N) is 1. The highest BCUT2D eigenvalue weighted by atomic mass is 19.1. The van der Waals surface area contributed by atoms with E-state index in [1.165, 1.54) is 12.1 Å². The zero-order valence-corrected chi connectivity index (χ0v) is 13.7. The molecule has 0 saturated heterocycles. The van der Waals surface area contributed by atoms with Gasteiger partial charge in [-0.2, -0.15) is 0 Å². The van der Waals surface area contributed by atoms with Crippen molar-refractivity contribution in [2.24, 2.45) is 0 Å². The summed E-state index contributed by atoms with van der Waals surface area (Å²) in [5, 5.41) is 2.77. The van der Waals surface area contributed by atoms with Gasteiger partial charge in [-0.25, -0.2) is 9.37 Å². The fraction of sp³-hybridized carbons (Fsp3) is 0.100. The highest BCUT2D eigenvalue weighted by Crippen LogP contribution is 2.21. The van der Waals surface area contributed by atoms with Crippen molar-refractivity contribution >= 4 is 11.7 Å². The van der Waals surface area contributed by atoms with E-state index in [1.54, 1.807) is 48.7 Å². The van der Waals surface area contributed by atoms with Gasteiger partial charge in [-0.3, -0.25) is 4.79 Å². The Morgan fingerprint density at radius 2 is 1.88 bits per heavy atom. The van der Waals surface area contributed by atoms with Crippen LogP contribution in [0, 0.1) is 12.7 Å². The van der Waals surface area contributed by atoms with Crippen molar-refractivity contribution in [1.29, 1.82) is 0 Å². The van der Waals surface area contributed by atoms with Gasteiger partial charge in [0.05, 0.1) is 5.56 Å². The number of pyridine rings is 1. The molecule has 1 amide bonds. The summed E-state index contributed by atoms with van der Waals surface area (Å²) >= 11 is 0. The molecular weight excluding hydrogens is 319 g/mol. The molecule has 4 nitrogen and oxygen atoms in total. The third kappa shape index (κ3) is 4.41. The molecule has 0 aliphatic heterocycles. The van der Waals surface area contributed by atoms with Crippen LogP contribution < -0.4 is 10.1 Å². The van der Waals surface area contributed by atoms with E-state index in [0.29, 0.717) is 17.1 Å². The van der Waals surface area contributed by atoms with Crippen LogP contribution in [0.2, 0.25) is 0 Å². The third-order valence-corrected chi connectivity index (χ3v) is 3.60. The van der Waals surface area contributed by atoms with Crippen molar-refractivity contribution in [1.82, 2.24) is 4.98 Å². The first kappa shape index (κ1) is 16.6. The van der Waals surface area contributed by atoms with Crippen molar-refractivity contribution in [3.8, 4) is 5.75 Å². The molecule has 1 aromatic heterocycles. The number of nitrogens with zero attached hydrogens (tertiary/aromatic N) is 1. The number of para-hydroxylation sites is 1. The van der Waals surface area contributed by atoms with Gasteiger partial charge in [0.15, 0.2) is 0 Å². The molecule has 0 aliphatic rings. The summed E-state index contributed by atoms with van der Waals surface area (Å²) in [4.78, 5) is 16.6. The topological polar surface area (TPSA) is 51.2 Å². The Kier molecular flexibility index (Phi) is 5.04. The Morgan fingerprint density at radius 1 is 1.12 bits per heavy atom. The number of carbonyl (C=O) groups excluding carboxylic acids is 1. The van der Waals surface area contributed by atoms with Crippen LogP contribution in [0.15, 0.2) is 66.9 Å². The summed E-state index contributed by atoms with van der Waals surface area (Å²) in [7, 11) is 0. The summed E-state index contributed by atoms with van der Waals surface area (Å²) in [5.74, 6) is 0.345. The highest BCUT2D eigenvalue weighted by molar-refractivity contribution is 6.05. The minimum absolute atomic E-state index is 0.243. The number of aromatic nitrogens is 1. The molecule has 0 saturated carbocycles. The Hall–Kier alpha value is -3.21. The normalized spacial score (nSPS) is 10.3. The van der Waals surface area contributed by atoms with E-state index in [2.05, 4.69) is 10.3 Å². The van der Waals surface area contributed by atoms with Gasteiger partial charge >= 0.3 is 0 Å². The Balaban J connectivity index is 1.73. The first-order chi connectivity index (χ1) is 12.1. The van der Waals surface area contributed by atoms with Crippen LogP contribution in [-0.2, 0) is 6.61 Å². The van der Waals surface area contributed by atoms with Crippen molar-refractivity contribution in [3.63, 3.8) is 0 Å². The quantitative estimate of drug-likeness (QED) is 0.753. The van der Waals surface area contributed by atoms with Crippen LogP contribution in [0.3, 0.4) is 0 Å². The van der Waals surface area contributed by atoms with Gasteiger partial charge in [0.2, 0.25) is 0 Å². The Bertz CT molecular complexity index is 879. The van der Waals surface area contributed by atoms with Gasteiger partial charge in [-0.05, 0) is 54.4 Å². The number of aryl methyl sites for hydroxylation is 1. The first-order valence-corrected chi connectivity index (χ1v) is 7.82. The largest absolute Gasteiger partial charge is 0.488 e. The molecular formula is C20H17FN2O2. The van der Waals surface area contributed by atoms with Crippen molar-refractivity contribution in [2.45, 2.75) is 13.5 Å². The summed E-state index contributed by atoms with van der Waals surface area (Å²) in [6, 6.07) is 16.7. The number of rotatable bonds is 5. The van der Waals surface area contributed by atoms with E-state index in [4.69, 9.17) is 4.74 Å². The van der Waals surface area contributed by atoms with Gasteiger partial charge in [0.1, 0.15) is 24.0 Å². The van der Waals surface area contributed by atoms with Gasteiger partial charge in [-0.1, -0.05) is 24.3 Å². The van der Waals surface area contributed by atoms with Crippen molar-refractivity contribution in [3.05, 3.63) is 89.4 Å². The number of carbonyl (C=O) groups is 1. The molecule has 0 radical (unpaired) electrons. The van der Waals surface area contributed by atoms with E-state index in [0.717, 1.165) is 11.1 Å². The SMILES string of the molecule is Cc1ccnc(NC(=O)c2ccccc2OCc2ccc(F)cc2)c1. The zero-order chi connectivity index (χ0) is 17.6. The molecule has 0 atom stereocenters. The lowest BCUT2D eigenvalue weighted by Crippen LogP contribution is -2.14. The number of ether oxygens (including phenoxy) is 1. The lowest BCUT2D eigenvalue weighted by atomic mass is 10.2. The minimum Gasteiger partial charge on any atom is -0.488 e. The second-order valence-corrected chi connectivity index (χ2v) is 5.58. The number of hydrogen-bond acceptors (Lipinski definition) is 3. The molecule has 1 N–H and O–H groups in total. The second kappa shape index (κ2) is 7.57. The predicted molar refractivity (Wildman–Crippen MR) is 94.1 cm³/mol. The average Bonchev–Trinajstić information content (AvgIpc) is 2.61. The Morgan fingerprint density at radius 3 is 2.64 bits per heavy atom. The van der Waals surface area contributed by atoms with E-state index < -0.39 is 0 Å². The van der Waals surface area contributed by atoms with Crippen LogP contribution in [0.1, 0.15) is 21.5 Å². The van der Waals surface area contributed by atoms with Crippen LogP contribution in [-0.4, -0.2) is 10.9 Å². The van der Waals surface area contributed by atoms with Crippen molar-refractivity contribution < 1.29 is 13.9 Å². The van der Waals surface area contributed by atoms with Gasteiger partial charge < -0.3 is 10.1 Å². The van der Waals surface area contributed by atoms with E-state index >= 15 is 0 Å². The molecule has 0 fully saturated rings. The smallest absolute Gasteiger partial charge is 0.260 e. The summed E-state index contributed by atoms with van der Waals surface area (Å²) in [6.07, 6.45) is 1.64. The van der Waals surface area contributed by atoms with Gasteiger partial charge in [0.25, 0.3) is 5.91 Å². The zero-order valence-electron chi connectivity index (χ0n) is 13.7. The predicted octanol–water partition coefficient (Wildman–Crippen LogP) is 4.36.